The van der Waals surface area contributed by atoms with Gasteiger partial charge in [0.25, 0.3) is 0 Å². The summed E-state index contributed by atoms with van der Waals surface area (Å²) in [5.74, 6) is 1.26. The molecule has 1 atom stereocenters. The van der Waals surface area contributed by atoms with Crippen LogP contribution in [-0.4, -0.2) is 47.5 Å². The number of aryl methyl sites for hydroxylation is 1. The topological polar surface area (TPSA) is 67.3 Å². The molecule has 0 bridgehead atoms. The van der Waals surface area contributed by atoms with Gasteiger partial charge >= 0.3 is 0 Å². The fourth-order valence-electron chi connectivity index (χ4n) is 4.45. The first-order valence-electron chi connectivity index (χ1n) is 11.6. The molecule has 33 heavy (non-hydrogen) atoms. The summed E-state index contributed by atoms with van der Waals surface area (Å²) in [7, 11) is 1.69. The third-order valence-corrected chi connectivity index (χ3v) is 6.08. The highest BCUT2D eigenvalue weighted by atomic mass is 16.5. The third kappa shape index (κ3) is 6.62. The fourth-order valence-corrected chi connectivity index (χ4v) is 4.45. The molecule has 6 heteroatoms. The quantitative estimate of drug-likeness (QED) is 0.571. The number of nitrogens with one attached hydrogen (secondary N) is 1. The van der Waals surface area contributed by atoms with Crippen molar-refractivity contribution < 1.29 is 9.53 Å². The Morgan fingerprint density at radius 3 is 2.76 bits per heavy atom. The van der Waals surface area contributed by atoms with E-state index in [1.165, 1.54) is 11.1 Å². The SMILES string of the molecule is COc1ccc(Cc2cc(C)nc([C@H]3CCCN(CC(=O)NCc4ccccn4)C3)c2)cc1. The molecule has 1 N–H and O–H groups in total. The molecule has 4 rings (SSSR count). The summed E-state index contributed by atoms with van der Waals surface area (Å²) in [5, 5.41) is 2.99. The van der Waals surface area contributed by atoms with Crippen molar-refractivity contribution in [1.82, 2.24) is 20.2 Å². The van der Waals surface area contributed by atoms with Gasteiger partial charge in [-0.05, 0) is 80.3 Å². The van der Waals surface area contributed by atoms with E-state index in [1.54, 1.807) is 13.3 Å². The van der Waals surface area contributed by atoms with Crippen molar-refractivity contribution >= 4 is 5.91 Å². The molecule has 0 unspecified atom stereocenters. The molecule has 1 aromatic carbocycles. The first-order chi connectivity index (χ1) is 16.1. The number of carbonyl (C=O) groups is 1. The molecule has 6 nitrogen and oxygen atoms in total. The Hall–Kier alpha value is -3.25. The van der Waals surface area contributed by atoms with E-state index in [0.717, 1.165) is 55.2 Å². The van der Waals surface area contributed by atoms with Gasteiger partial charge in [0.15, 0.2) is 0 Å². The number of amides is 1. The number of hydrogen-bond acceptors (Lipinski definition) is 5. The number of rotatable bonds is 8. The second-order valence-corrected chi connectivity index (χ2v) is 8.74. The van der Waals surface area contributed by atoms with E-state index in [0.29, 0.717) is 19.0 Å². The molecule has 3 aromatic rings. The summed E-state index contributed by atoms with van der Waals surface area (Å²) in [6.07, 6.45) is 4.79. The molecule has 0 radical (unpaired) electrons. The lowest BCUT2D eigenvalue weighted by Crippen LogP contribution is -2.42. The summed E-state index contributed by atoms with van der Waals surface area (Å²) in [6.45, 7) is 4.74. The molecule has 1 aliphatic heterocycles. The van der Waals surface area contributed by atoms with Gasteiger partial charge in [0.1, 0.15) is 5.75 Å². The minimum atomic E-state index is 0.0405. The normalized spacial score (nSPS) is 16.4. The van der Waals surface area contributed by atoms with Crippen LogP contribution in [-0.2, 0) is 17.8 Å². The Labute approximate surface area is 196 Å². The zero-order valence-electron chi connectivity index (χ0n) is 19.5. The maximum atomic E-state index is 12.5. The molecule has 3 heterocycles. The van der Waals surface area contributed by atoms with Crippen LogP contribution in [0.3, 0.4) is 0 Å². The molecule has 0 spiro atoms. The standard InChI is InChI=1S/C27H32N4O2/c1-20-14-22(15-21-8-10-25(33-2)11-9-21)16-26(30-20)23-6-5-13-31(18-23)19-27(32)29-17-24-7-3-4-12-28-24/h3-4,7-12,14,16,23H,5-6,13,15,17-19H2,1-2H3,(H,29,32)/t23-/m0/s1. The van der Waals surface area contributed by atoms with Gasteiger partial charge in [-0.25, -0.2) is 0 Å². The number of aromatic nitrogens is 2. The first kappa shape index (κ1) is 22.9. The van der Waals surface area contributed by atoms with Crippen molar-refractivity contribution in [3.05, 3.63) is 89.0 Å². The molecule has 1 fully saturated rings. The molecular weight excluding hydrogens is 412 g/mol. The molecule has 0 saturated carbocycles. The lowest BCUT2D eigenvalue weighted by atomic mass is 9.92. The third-order valence-electron chi connectivity index (χ3n) is 6.08. The zero-order chi connectivity index (χ0) is 23.0. The Bertz CT molecular complexity index is 1050. The van der Waals surface area contributed by atoms with E-state index in [2.05, 4.69) is 46.4 Å². The predicted octanol–water partition coefficient (Wildman–Crippen LogP) is 3.88. The van der Waals surface area contributed by atoms with Crippen LogP contribution in [0.2, 0.25) is 0 Å². The van der Waals surface area contributed by atoms with E-state index in [-0.39, 0.29) is 5.91 Å². The van der Waals surface area contributed by atoms with Gasteiger partial charge in [-0.1, -0.05) is 18.2 Å². The van der Waals surface area contributed by atoms with Crippen LogP contribution in [0.4, 0.5) is 0 Å². The number of carbonyl (C=O) groups excluding carboxylic acids is 1. The number of nitrogens with zero attached hydrogens (tertiary/aromatic N) is 3. The Balaban J connectivity index is 1.36. The van der Waals surface area contributed by atoms with E-state index in [4.69, 9.17) is 9.72 Å². The number of methoxy groups -OCH3 is 1. The van der Waals surface area contributed by atoms with Crippen LogP contribution in [0.25, 0.3) is 0 Å². The molecule has 1 amide bonds. The molecule has 2 aromatic heterocycles. The van der Waals surface area contributed by atoms with Crippen LogP contribution < -0.4 is 10.1 Å². The maximum Gasteiger partial charge on any atom is 0.234 e. The van der Waals surface area contributed by atoms with E-state index in [1.807, 2.05) is 30.3 Å². The minimum Gasteiger partial charge on any atom is -0.497 e. The summed E-state index contributed by atoms with van der Waals surface area (Å²) in [4.78, 5) is 23.8. The summed E-state index contributed by atoms with van der Waals surface area (Å²) < 4.78 is 5.27. The summed E-state index contributed by atoms with van der Waals surface area (Å²) in [6, 6.07) is 18.4. The predicted molar refractivity (Wildman–Crippen MR) is 129 cm³/mol. The Morgan fingerprint density at radius 2 is 2.00 bits per heavy atom. The van der Waals surface area contributed by atoms with Crippen molar-refractivity contribution in [3.8, 4) is 5.75 Å². The van der Waals surface area contributed by atoms with Crippen LogP contribution in [0.1, 0.15) is 47.0 Å². The smallest absolute Gasteiger partial charge is 0.234 e. The average Bonchev–Trinajstić information content (AvgIpc) is 2.84. The number of ether oxygens (including phenoxy) is 1. The van der Waals surface area contributed by atoms with Crippen LogP contribution in [0, 0.1) is 6.92 Å². The van der Waals surface area contributed by atoms with Gasteiger partial charge in [-0.2, -0.15) is 0 Å². The minimum absolute atomic E-state index is 0.0405. The highest BCUT2D eigenvalue weighted by Gasteiger charge is 2.24. The van der Waals surface area contributed by atoms with E-state index in [9.17, 15) is 4.79 Å². The van der Waals surface area contributed by atoms with Gasteiger partial charge in [-0.15, -0.1) is 0 Å². The molecule has 1 saturated heterocycles. The molecule has 0 aliphatic carbocycles. The van der Waals surface area contributed by atoms with Crippen molar-refractivity contribution in [2.75, 3.05) is 26.7 Å². The fraction of sp³-hybridized carbons (Fsp3) is 0.370. The monoisotopic (exact) mass is 444 g/mol. The second kappa shape index (κ2) is 11.1. The Kier molecular flexibility index (Phi) is 7.68. The van der Waals surface area contributed by atoms with Crippen molar-refractivity contribution in [1.29, 1.82) is 0 Å². The molecular formula is C27H32N4O2. The molecule has 172 valence electrons. The largest absolute Gasteiger partial charge is 0.497 e. The Morgan fingerprint density at radius 1 is 1.15 bits per heavy atom. The number of piperidine rings is 1. The highest BCUT2D eigenvalue weighted by Crippen LogP contribution is 2.27. The average molecular weight is 445 g/mol. The van der Waals surface area contributed by atoms with Crippen molar-refractivity contribution in [3.63, 3.8) is 0 Å². The number of benzene rings is 1. The number of pyridine rings is 2. The van der Waals surface area contributed by atoms with Crippen molar-refractivity contribution in [2.45, 2.75) is 38.6 Å². The summed E-state index contributed by atoms with van der Waals surface area (Å²) in [5.41, 5.74) is 5.57. The maximum absolute atomic E-state index is 12.5. The van der Waals surface area contributed by atoms with Gasteiger partial charge in [0.2, 0.25) is 5.91 Å². The van der Waals surface area contributed by atoms with Gasteiger partial charge in [-0.3, -0.25) is 19.7 Å². The van der Waals surface area contributed by atoms with Crippen LogP contribution in [0.5, 0.6) is 5.75 Å². The van der Waals surface area contributed by atoms with E-state index < -0.39 is 0 Å². The zero-order valence-corrected chi connectivity index (χ0v) is 19.5. The van der Waals surface area contributed by atoms with E-state index >= 15 is 0 Å². The van der Waals surface area contributed by atoms with Gasteiger partial charge < -0.3 is 10.1 Å². The highest BCUT2D eigenvalue weighted by molar-refractivity contribution is 5.78. The van der Waals surface area contributed by atoms with Crippen LogP contribution >= 0.6 is 0 Å². The lowest BCUT2D eigenvalue weighted by molar-refractivity contribution is -0.122. The first-order valence-corrected chi connectivity index (χ1v) is 11.6. The second-order valence-electron chi connectivity index (χ2n) is 8.74. The lowest BCUT2D eigenvalue weighted by Gasteiger charge is -2.32. The van der Waals surface area contributed by atoms with Gasteiger partial charge in [0.05, 0.1) is 25.9 Å². The van der Waals surface area contributed by atoms with Gasteiger partial charge in [0, 0.05) is 30.0 Å². The number of likely N-dealkylation sites (tertiary alicyclic amines) is 1. The molecule has 1 aliphatic rings. The van der Waals surface area contributed by atoms with Crippen LogP contribution in [0.15, 0.2) is 60.8 Å². The number of hydrogen-bond donors (Lipinski definition) is 1. The summed E-state index contributed by atoms with van der Waals surface area (Å²) >= 11 is 0. The van der Waals surface area contributed by atoms with Crippen molar-refractivity contribution in [2.24, 2.45) is 0 Å².